The molecule has 0 fully saturated rings. The molecule has 0 aliphatic heterocycles. The maximum Gasteiger partial charge on any atom is 0.323 e. The second-order valence-corrected chi connectivity index (χ2v) is 3.64. The Bertz CT molecular complexity index is 495. The topological polar surface area (TPSA) is 74.7 Å². The van der Waals surface area contributed by atoms with Crippen LogP contribution in [0.3, 0.4) is 0 Å². The first-order chi connectivity index (χ1) is 6.65. The Hall–Kier alpha value is -1.55. The Kier molecular flexibility index (Phi) is 2.13. The molecule has 1 atom stereocenters. The van der Waals surface area contributed by atoms with Gasteiger partial charge in [0.05, 0.1) is 11.0 Å². The lowest BCUT2D eigenvalue weighted by molar-refractivity contribution is 0.739. The van der Waals surface area contributed by atoms with Crippen molar-refractivity contribution in [2.75, 3.05) is 0 Å². The van der Waals surface area contributed by atoms with Gasteiger partial charge in [0.25, 0.3) is 0 Å². The van der Waals surface area contributed by atoms with Crippen molar-refractivity contribution < 1.29 is 0 Å². The molecule has 0 aliphatic rings. The number of aromatic nitrogens is 2. The fourth-order valence-electron chi connectivity index (χ4n) is 1.58. The van der Waals surface area contributed by atoms with Crippen LogP contribution in [0.2, 0.25) is 0 Å². The summed E-state index contributed by atoms with van der Waals surface area (Å²) in [4.78, 5) is 16.4. The predicted octanol–water partition coefficient (Wildman–Crippen LogP) is 0.746. The van der Waals surface area contributed by atoms with Crippen LogP contribution < -0.4 is 11.4 Å². The molecule has 0 saturated heterocycles. The summed E-state index contributed by atoms with van der Waals surface area (Å²) in [5, 5.41) is 0. The number of nitrogens with two attached hydrogens (primary N) is 1. The molecule has 2 rings (SSSR count). The van der Waals surface area contributed by atoms with Gasteiger partial charge in [0.1, 0.15) is 0 Å². The van der Waals surface area contributed by atoms with Crippen LogP contribution in [0.15, 0.2) is 23.0 Å². The summed E-state index contributed by atoms with van der Waals surface area (Å²) in [6, 6.07) is 5.97. The molecule has 0 aliphatic carbocycles. The SMILES string of the molecule is CC(N)Cc1ccc2[nH]c(=O)[nH]c2c1. The largest absolute Gasteiger partial charge is 0.328 e. The van der Waals surface area contributed by atoms with Gasteiger partial charge in [-0.1, -0.05) is 6.07 Å². The number of nitrogens with one attached hydrogen (secondary N) is 2. The number of benzene rings is 1. The van der Waals surface area contributed by atoms with E-state index in [1.807, 2.05) is 25.1 Å². The lowest BCUT2D eigenvalue weighted by Gasteiger charge is -2.04. The summed E-state index contributed by atoms with van der Waals surface area (Å²) >= 11 is 0. The molecule has 2 aromatic rings. The van der Waals surface area contributed by atoms with Gasteiger partial charge < -0.3 is 15.7 Å². The van der Waals surface area contributed by atoms with Gasteiger partial charge in [-0.25, -0.2) is 4.79 Å². The first kappa shape index (κ1) is 9.02. The maximum atomic E-state index is 11.0. The summed E-state index contributed by atoms with van der Waals surface area (Å²) in [5.74, 6) is 0. The Balaban J connectivity index is 2.45. The van der Waals surface area contributed by atoms with Crippen LogP contribution in [0, 0.1) is 0 Å². The minimum absolute atomic E-state index is 0.137. The van der Waals surface area contributed by atoms with Crippen molar-refractivity contribution in [1.82, 2.24) is 9.97 Å². The molecule has 0 amide bonds. The fourth-order valence-corrected chi connectivity index (χ4v) is 1.58. The molecule has 74 valence electrons. The van der Waals surface area contributed by atoms with E-state index >= 15 is 0 Å². The third-order valence-electron chi connectivity index (χ3n) is 2.14. The van der Waals surface area contributed by atoms with E-state index in [1.54, 1.807) is 0 Å². The standard InChI is InChI=1S/C10H13N3O/c1-6(11)4-7-2-3-8-9(5-7)13-10(14)12-8/h2-3,5-6H,4,11H2,1H3,(H2,12,13,14). The molecule has 1 aromatic carbocycles. The lowest BCUT2D eigenvalue weighted by atomic mass is 10.1. The highest BCUT2D eigenvalue weighted by Crippen LogP contribution is 2.11. The molecule has 0 spiro atoms. The molecule has 0 radical (unpaired) electrons. The fraction of sp³-hybridized carbons (Fsp3) is 0.300. The van der Waals surface area contributed by atoms with Crippen molar-refractivity contribution in [2.24, 2.45) is 5.73 Å². The molecule has 0 saturated carbocycles. The van der Waals surface area contributed by atoms with Crippen molar-refractivity contribution in [3.63, 3.8) is 0 Å². The zero-order valence-corrected chi connectivity index (χ0v) is 8.00. The quantitative estimate of drug-likeness (QED) is 0.655. The molecular formula is C10H13N3O. The van der Waals surface area contributed by atoms with Gasteiger partial charge in [-0.05, 0) is 31.0 Å². The van der Waals surface area contributed by atoms with Gasteiger partial charge in [0.15, 0.2) is 0 Å². The first-order valence-electron chi connectivity index (χ1n) is 4.61. The van der Waals surface area contributed by atoms with Crippen LogP contribution in [-0.2, 0) is 6.42 Å². The Morgan fingerprint density at radius 2 is 2.07 bits per heavy atom. The summed E-state index contributed by atoms with van der Waals surface area (Å²) in [7, 11) is 0. The molecule has 14 heavy (non-hydrogen) atoms. The minimum atomic E-state index is -0.169. The highest BCUT2D eigenvalue weighted by Gasteiger charge is 2.01. The third-order valence-corrected chi connectivity index (χ3v) is 2.14. The van der Waals surface area contributed by atoms with E-state index in [1.165, 1.54) is 0 Å². The van der Waals surface area contributed by atoms with Crippen LogP contribution in [0.1, 0.15) is 12.5 Å². The molecular weight excluding hydrogens is 178 g/mol. The Morgan fingerprint density at radius 3 is 2.79 bits per heavy atom. The molecule has 4 N–H and O–H groups in total. The molecule has 1 unspecified atom stereocenters. The highest BCUT2D eigenvalue weighted by atomic mass is 16.1. The molecule has 1 heterocycles. The van der Waals surface area contributed by atoms with E-state index < -0.39 is 0 Å². The van der Waals surface area contributed by atoms with Crippen molar-refractivity contribution in [1.29, 1.82) is 0 Å². The molecule has 0 bridgehead atoms. The van der Waals surface area contributed by atoms with Gasteiger partial charge in [0, 0.05) is 6.04 Å². The number of hydrogen-bond donors (Lipinski definition) is 3. The van der Waals surface area contributed by atoms with Gasteiger partial charge in [-0.2, -0.15) is 0 Å². The first-order valence-corrected chi connectivity index (χ1v) is 4.61. The predicted molar refractivity (Wildman–Crippen MR) is 56.3 cm³/mol. The number of rotatable bonds is 2. The van der Waals surface area contributed by atoms with Crippen molar-refractivity contribution in [3.8, 4) is 0 Å². The lowest BCUT2D eigenvalue weighted by Crippen LogP contribution is -2.17. The van der Waals surface area contributed by atoms with Crippen molar-refractivity contribution >= 4 is 11.0 Å². The zero-order valence-electron chi connectivity index (χ0n) is 8.00. The van der Waals surface area contributed by atoms with Crippen LogP contribution >= 0.6 is 0 Å². The van der Waals surface area contributed by atoms with Crippen molar-refractivity contribution in [3.05, 3.63) is 34.2 Å². The summed E-state index contributed by atoms with van der Waals surface area (Å²) in [6.07, 6.45) is 0.823. The average Bonchev–Trinajstić information content (AvgIpc) is 2.42. The number of H-pyrrole nitrogens is 2. The normalized spacial score (nSPS) is 13.3. The van der Waals surface area contributed by atoms with E-state index in [-0.39, 0.29) is 11.7 Å². The summed E-state index contributed by atoms with van der Waals surface area (Å²) in [6.45, 7) is 1.96. The van der Waals surface area contributed by atoms with E-state index in [9.17, 15) is 4.79 Å². The van der Waals surface area contributed by atoms with Crippen LogP contribution in [-0.4, -0.2) is 16.0 Å². The molecule has 4 nitrogen and oxygen atoms in total. The Morgan fingerprint density at radius 1 is 1.36 bits per heavy atom. The third kappa shape index (κ3) is 1.70. The van der Waals surface area contributed by atoms with Gasteiger partial charge >= 0.3 is 5.69 Å². The minimum Gasteiger partial charge on any atom is -0.328 e. The molecule has 1 aromatic heterocycles. The molecule has 4 heteroatoms. The van der Waals surface area contributed by atoms with Gasteiger partial charge in [-0.3, -0.25) is 0 Å². The highest BCUT2D eigenvalue weighted by molar-refractivity contribution is 5.75. The number of hydrogen-bond acceptors (Lipinski definition) is 2. The summed E-state index contributed by atoms with van der Waals surface area (Å²) < 4.78 is 0. The number of aromatic amines is 2. The van der Waals surface area contributed by atoms with Gasteiger partial charge in [0.2, 0.25) is 0 Å². The second-order valence-electron chi connectivity index (χ2n) is 3.64. The zero-order chi connectivity index (χ0) is 10.1. The van der Waals surface area contributed by atoms with E-state index in [0.717, 1.165) is 23.0 Å². The smallest absolute Gasteiger partial charge is 0.323 e. The van der Waals surface area contributed by atoms with E-state index in [2.05, 4.69) is 9.97 Å². The number of imidazole rings is 1. The van der Waals surface area contributed by atoms with Gasteiger partial charge in [-0.15, -0.1) is 0 Å². The maximum absolute atomic E-state index is 11.0. The number of fused-ring (bicyclic) bond motifs is 1. The van der Waals surface area contributed by atoms with Crippen LogP contribution in [0.5, 0.6) is 0 Å². The van der Waals surface area contributed by atoms with Crippen molar-refractivity contribution in [2.45, 2.75) is 19.4 Å². The Labute approximate surface area is 81.1 Å². The average molecular weight is 191 g/mol. The monoisotopic (exact) mass is 191 g/mol. The van der Waals surface area contributed by atoms with E-state index in [0.29, 0.717) is 0 Å². The summed E-state index contributed by atoms with van der Waals surface area (Å²) in [5.41, 5.74) is 8.34. The second kappa shape index (κ2) is 3.31. The van der Waals surface area contributed by atoms with Crippen LogP contribution in [0.25, 0.3) is 11.0 Å². The van der Waals surface area contributed by atoms with E-state index in [4.69, 9.17) is 5.73 Å². The van der Waals surface area contributed by atoms with Crippen LogP contribution in [0.4, 0.5) is 0 Å².